The maximum atomic E-state index is 13.3. The molecule has 0 aromatic heterocycles. The van der Waals surface area contributed by atoms with Gasteiger partial charge in [-0.1, -0.05) is 243 Å². The van der Waals surface area contributed by atoms with Crippen molar-refractivity contribution in [2.45, 2.75) is 338 Å². The minimum Gasteiger partial charge on any atom is -0.394 e. The number of unbranched alkanes of at least 4 members (excludes halogenated alkanes) is 34. The molecular formula is C63H117NO13. The van der Waals surface area contributed by atoms with E-state index in [2.05, 4.69) is 43.5 Å². The summed E-state index contributed by atoms with van der Waals surface area (Å²) in [5.74, 6) is -0.242. The standard InChI is InChI=1S/C63H117NO13/c1-3-5-7-9-11-13-15-17-19-21-23-24-25-26-27-29-30-32-34-36-38-40-42-44-46-52(67)51(64-55(68)47-45-43-41-39-37-35-33-31-28-22-20-18-16-14-12-10-8-6-4-2)50-74-62-60(73)58(71)61(54(49-66)76-62)77-63-59(72)57(70)56(69)53(48-65)75-63/h12,14,18,20,44,46,51-54,56-63,65-67,69-73H,3-11,13,15-17,19,21-43,45,47-50H2,1-2H3,(H,64,68)/b14-12-,20-18-,46-44+. The highest BCUT2D eigenvalue weighted by molar-refractivity contribution is 5.76. The number of carbonyl (C=O) groups is 1. The van der Waals surface area contributed by atoms with Crippen LogP contribution in [0.2, 0.25) is 0 Å². The zero-order valence-corrected chi connectivity index (χ0v) is 48.7. The first-order valence-corrected chi connectivity index (χ1v) is 31.7. The highest BCUT2D eigenvalue weighted by Gasteiger charge is 2.51. The van der Waals surface area contributed by atoms with Crippen LogP contribution in [0.1, 0.15) is 264 Å². The van der Waals surface area contributed by atoms with Crippen molar-refractivity contribution in [2.24, 2.45) is 0 Å². The summed E-state index contributed by atoms with van der Waals surface area (Å²) in [6.45, 7) is 2.80. The van der Waals surface area contributed by atoms with E-state index in [9.17, 15) is 45.6 Å². The Balaban J connectivity index is 1.74. The molecular weight excluding hydrogens is 979 g/mol. The van der Waals surface area contributed by atoms with E-state index >= 15 is 0 Å². The molecule has 0 spiro atoms. The molecule has 0 saturated carbocycles. The van der Waals surface area contributed by atoms with Gasteiger partial charge in [0.05, 0.1) is 32.0 Å². The third kappa shape index (κ3) is 34.3. The van der Waals surface area contributed by atoms with Crippen LogP contribution in [-0.4, -0.2) is 140 Å². The van der Waals surface area contributed by atoms with Crippen LogP contribution >= 0.6 is 0 Å². The van der Waals surface area contributed by atoms with Gasteiger partial charge in [0.25, 0.3) is 0 Å². The molecule has 2 heterocycles. The normalized spacial score (nSPS) is 24.9. The van der Waals surface area contributed by atoms with Crippen LogP contribution < -0.4 is 5.32 Å². The molecule has 2 fully saturated rings. The van der Waals surface area contributed by atoms with Gasteiger partial charge < -0.3 is 65.1 Å². The van der Waals surface area contributed by atoms with Gasteiger partial charge in [-0.3, -0.25) is 4.79 Å². The number of ether oxygens (including phenoxy) is 4. The molecule has 452 valence electrons. The lowest BCUT2D eigenvalue weighted by atomic mass is 9.97. The fraction of sp³-hybridized carbons (Fsp3) is 0.889. The first kappa shape index (κ1) is 71.3. The average molecular weight is 1100 g/mol. The molecule has 9 N–H and O–H groups in total. The first-order chi connectivity index (χ1) is 37.6. The van der Waals surface area contributed by atoms with Gasteiger partial charge in [-0.2, -0.15) is 0 Å². The molecule has 0 aliphatic carbocycles. The summed E-state index contributed by atoms with van der Waals surface area (Å²) in [5.41, 5.74) is 0. The Morgan fingerprint density at radius 3 is 1.32 bits per heavy atom. The number of aliphatic hydroxyl groups excluding tert-OH is 8. The van der Waals surface area contributed by atoms with Gasteiger partial charge in [-0.05, 0) is 51.4 Å². The van der Waals surface area contributed by atoms with E-state index < -0.39 is 86.8 Å². The van der Waals surface area contributed by atoms with E-state index in [4.69, 9.17) is 18.9 Å². The van der Waals surface area contributed by atoms with Crippen molar-refractivity contribution in [3.63, 3.8) is 0 Å². The average Bonchev–Trinajstić information content (AvgIpc) is 3.44. The molecule has 0 aromatic carbocycles. The minimum absolute atomic E-state index is 0.242. The van der Waals surface area contributed by atoms with Crippen molar-refractivity contribution in [3.8, 4) is 0 Å². The predicted octanol–water partition coefficient (Wildman–Crippen LogP) is 11.4. The molecule has 14 heteroatoms. The van der Waals surface area contributed by atoms with Gasteiger partial charge in [0, 0.05) is 6.42 Å². The molecule has 0 bridgehead atoms. The molecule has 1 amide bonds. The second kappa shape index (κ2) is 48.9. The molecule has 12 unspecified atom stereocenters. The number of carbonyl (C=O) groups excluding carboxylic acids is 1. The Morgan fingerprint density at radius 2 is 0.857 bits per heavy atom. The highest BCUT2D eigenvalue weighted by Crippen LogP contribution is 2.30. The second-order valence-electron chi connectivity index (χ2n) is 22.5. The molecule has 0 radical (unpaired) electrons. The fourth-order valence-corrected chi connectivity index (χ4v) is 10.4. The second-order valence-corrected chi connectivity index (χ2v) is 22.5. The molecule has 2 saturated heterocycles. The van der Waals surface area contributed by atoms with Crippen LogP contribution in [0.3, 0.4) is 0 Å². The van der Waals surface area contributed by atoms with Crippen LogP contribution in [-0.2, 0) is 23.7 Å². The van der Waals surface area contributed by atoms with E-state index in [-0.39, 0.29) is 18.9 Å². The van der Waals surface area contributed by atoms with E-state index in [1.807, 2.05) is 6.08 Å². The Hall–Kier alpha value is -1.79. The SMILES string of the molecule is CCCCC/C=C\C/C=C\CCCCCCCCCCCC(=O)NC(COC1OC(CO)C(OC2OC(CO)C(O)C(O)C2O)C(O)C1O)C(O)/C=C/CCCCCCCCCCCCCCCCCCCCCCCC. The third-order valence-corrected chi connectivity index (χ3v) is 15.6. The number of allylic oxidation sites excluding steroid dienone is 5. The fourth-order valence-electron chi connectivity index (χ4n) is 10.4. The molecule has 2 aliphatic heterocycles. The van der Waals surface area contributed by atoms with E-state index in [0.717, 1.165) is 51.4 Å². The summed E-state index contributed by atoms with van der Waals surface area (Å²) >= 11 is 0. The molecule has 12 atom stereocenters. The van der Waals surface area contributed by atoms with Gasteiger partial charge in [0.15, 0.2) is 12.6 Å². The number of hydrogen-bond acceptors (Lipinski definition) is 13. The van der Waals surface area contributed by atoms with Gasteiger partial charge in [0.2, 0.25) is 5.91 Å². The van der Waals surface area contributed by atoms with Crippen LogP contribution in [0.4, 0.5) is 0 Å². The van der Waals surface area contributed by atoms with Crippen LogP contribution in [0, 0.1) is 0 Å². The lowest BCUT2D eigenvalue weighted by molar-refractivity contribution is -0.359. The quantitative estimate of drug-likeness (QED) is 0.0204. The number of nitrogens with one attached hydrogen (secondary N) is 1. The van der Waals surface area contributed by atoms with Crippen molar-refractivity contribution in [3.05, 3.63) is 36.5 Å². The topological polar surface area (TPSA) is 228 Å². The summed E-state index contributed by atoms with van der Waals surface area (Å²) in [6.07, 6.45) is 43.2. The molecule has 77 heavy (non-hydrogen) atoms. The van der Waals surface area contributed by atoms with Crippen molar-refractivity contribution >= 4 is 5.91 Å². The van der Waals surface area contributed by atoms with Crippen LogP contribution in [0.5, 0.6) is 0 Å². The van der Waals surface area contributed by atoms with Crippen molar-refractivity contribution < 1.29 is 64.6 Å². The Labute approximate surface area is 468 Å². The van der Waals surface area contributed by atoms with E-state index in [1.54, 1.807) is 6.08 Å². The predicted molar refractivity (Wildman–Crippen MR) is 309 cm³/mol. The minimum atomic E-state index is -1.79. The summed E-state index contributed by atoms with van der Waals surface area (Å²) in [7, 11) is 0. The lowest BCUT2D eigenvalue weighted by Gasteiger charge is -2.46. The van der Waals surface area contributed by atoms with Gasteiger partial charge in [-0.15, -0.1) is 0 Å². The van der Waals surface area contributed by atoms with E-state index in [0.29, 0.717) is 6.42 Å². The number of aliphatic hydroxyl groups is 8. The largest absolute Gasteiger partial charge is 0.394 e. The monoisotopic (exact) mass is 1100 g/mol. The molecule has 2 rings (SSSR count). The maximum Gasteiger partial charge on any atom is 0.220 e. The lowest BCUT2D eigenvalue weighted by Crippen LogP contribution is -2.65. The zero-order chi connectivity index (χ0) is 56.0. The molecule has 14 nitrogen and oxygen atoms in total. The summed E-state index contributed by atoms with van der Waals surface area (Å²) < 4.78 is 22.8. The van der Waals surface area contributed by atoms with Gasteiger partial charge in [0.1, 0.15) is 48.8 Å². The molecule has 0 aromatic rings. The van der Waals surface area contributed by atoms with Crippen molar-refractivity contribution in [1.29, 1.82) is 0 Å². The highest BCUT2D eigenvalue weighted by atomic mass is 16.7. The smallest absolute Gasteiger partial charge is 0.220 e. The van der Waals surface area contributed by atoms with Crippen molar-refractivity contribution in [2.75, 3.05) is 19.8 Å². The third-order valence-electron chi connectivity index (χ3n) is 15.6. The summed E-state index contributed by atoms with van der Waals surface area (Å²) in [4.78, 5) is 13.3. The first-order valence-electron chi connectivity index (χ1n) is 31.7. The Morgan fingerprint density at radius 1 is 0.468 bits per heavy atom. The van der Waals surface area contributed by atoms with Crippen molar-refractivity contribution in [1.82, 2.24) is 5.32 Å². The van der Waals surface area contributed by atoms with Crippen LogP contribution in [0.25, 0.3) is 0 Å². The summed E-state index contributed by atoms with van der Waals surface area (Å²) in [5, 5.41) is 87.2. The van der Waals surface area contributed by atoms with E-state index in [1.165, 1.54) is 186 Å². The van der Waals surface area contributed by atoms with Gasteiger partial charge >= 0.3 is 0 Å². The number of amides is 1. The maximum absolute atomic E-state index is 13.3. The molecule has 2 aliphatic rings. The Kier molecular flexibility index (Phi) is 45.3. The summed E-state index contributed by atoms with van der Waals surface area (Å²) in [6, 6.07) is -0.917. The van der Waals surface area contributed by atoms with Gasteiger partial charge in [-0.25, -0.2) is 0 Å². The zero-order valence-electron chi connectivity index (χ0n) is 48.7. The Bertz CT molecular complexity index is 1430. The van der Waals surface area contributed by atoms with Crippen LogP contribution in [0.15, 0.2) is 36.5 Å². The number of hydrogen-bond donors (Lipinski definition) is 9. The number of rotatable bonds is 51.